The molecule has 2 aliphatic heterocycles. The van der Waals surface area contributed by atoms with Gasteiger partial charge in [-0.2, -0.15) is 0 Å². The van der Waals surface area contributed by atoms with Crippen LogP contribution in [0.15, 0.2) is 54.6 Å². The molecule has 0 bridgehead atoms. The van der Waals surface area contributed by atoms with Gasteiger partial charge in [0, 0.05) is 44.1 Å². The number of aldehydes is 1. The summed E-state index contributed by atoms with van der Waals surface area (Å²) in [6.45, 7) is 8.30. The van der Waals surface area contributed by atoms with Crippen molar-refractivity contribution in [2.75, 3.05) is 57.4 Å². The van der Waals surface area contributed by atoms with E-state index < -0.39 is 7.82 Å². The first-order valence-corrected chi connectivity index (χ1v) is 13.4. The Morgan fingerprint density at radius 1 is 0.912 bits per heavy atom. The molecule has 0 aromatic heterocycles. The molecule has 2 heterocycles. The number of phosphoric ester groups is 1. The molecule has 0 amide bonds. The predicted octanol–water partition coefficient (Wildman–Crippen LogP) is 4.26. The summed E-state index contributed by atoms with van der Waals surface area (Å²) in [6, 6.07) is 18.5. The molecule has 1 fully saturated rings. The highest BCUT2D eigenvalue weighted by Crippen LogP contribution is 2.49. The first-order valence-electron chi connectivity index (χ1n) is 12.0. The number of piperazine rings is 1. The van der Waals surface area contributed by atoms with Crippen molar-refractivity contribution in [1.82, 2.24) is 9.80 Å². The molecule has 2 unspecified atom stereocenters. The van der Waals surface area contributed by atoms with Gasteiger partial charge in [0.05, 0.1) is 25.7 Å². The number of benzene rings is 2. The van der Waals surface area contributed by atoms with Crippen molar-refractivity contribution >= 4 is 25.5 Å². The number of rotatable bonds is 11. The van der Waals surface area contributed by atoms with E-state index in [1.54, 1.807) is 13.8 Å². The molecule has 1 saturated heterocycles. The number of carbonyl (C=O) groups is 1. The van der Waals surface area contributed by atoms with Crippen LogP contribution in [-0.2, 0) is 22.9 Å². The summed E-state index contributed by atoms with van der Waals surface area (Å²) < 4.78 is 28.4. The van der Waals surface area contributed by atoms with Crippen LogP contribution < -0.4 is 4.90 Å². The summed E-state index contributed by atoms with van der Waals surface area (Å²) in [5.74, 6) is -0.213. The number of carbonyl (C=O) groups excluding carboxylic acids is 1. The standard InChI is InChI=1S/C25H34N3O5P/c1-3-31-34(30,32-4-2)33-19-18-26-14-16-27(17-15-26)25-23(20-29)22-12-8-9-13-24(22)28(25)21-10-6-5-7-11-21/h5-13,20,23,25H,3-4,14-19H2,1-2H3. The number of fused-ring (bicyclic) bond motifs is 1. The maximum absolute atomic E-state index is 12.5. The second-order valence-corrected chi connectivity index (χ2v) is 10.0. The van der Waals surface area contributed by atoms with Crippen LogP contribution in [0.2, 0.25) is 0 Å². The van der Waals surface area contributed by atoms with Gasteiger partial charge in [0.25, 0.3) is 0 Å². The normalized spacial score (nSPS) is 21.5. The van der Waals surface area contributed by atoms with E-state index in [0.717, 1.165) is 49.4 Å². The van der Waals surface area contributed by atoms with Gasteiger partial charge in [-0.3, -0.25) is 23.4 Å². The molecule has 2 aliphatic rings. The van der Waals surface area contributed by atoms with Gasteiger partial charge < -0.3 is 9.69 Å². The first kappa shape index (κ1) is 25.0. The second kappa shape index (κ2) is 11.6. The summed E-state index contributed by atoms with van der Waals surface area (Å²) in [5, 5.41) is 0. The van der Waals surface area contributed by atoms with Crippen LogP contribution in [0.5, 0.6) is 0 Å². The summed E-state index contributed by atoms with van der Waals surface area (Å²) in [6.07, 6.45) is 1.03. The average Bonchev–Trinajstić information content (AvgIpc) is 3.19. The van der Waals surface area contributed by atoms with Gasteiger partial charge >= 0.3 is 7.82 Å². The summed E-state index contributed by atoms with van der Waals surface area (Å²) in [5.41, 5.74) is 3.25. The zero-order valence-corrected chi connectivity index (χ0v) is 20.8. The zero-order valence-electron chi connectivity index (χ0n) is 19.9. The Morgan fingerprint density at radius 3 is 2.21 bits per heavy atom. The first-order chi connectivity index (χ1) is 16.6. The highest BCUT2D eigenvalue weighted by Gasteiger charge is 2.43. The van der Waals surface area contributed by atoms with Crippen molar-refractivity contribution in [3.8, 4) is 0 Å². The highest BCUT2D eigenvalue weighted by atomic mass is 31.2. The van der Waals surface area contributed by atoms with Gasteiger partial charge in [0.15, 0.2) is 0 Å². The van der Waals surface area contributed by atoms with Crippen molar-refractivity contribution in [3.05, 3.63) is 60.2 Å². The van der Waals surface area contributed by atoms with Crippen LogP contribution in [0.3, 0.4) is 0 Å². The molecule has 0 aliphatic carbocycles. The summed E-state index contributed by atoms with van der Waals surface area (Å²) >= 11 is 0. The van der Waals surface area contributed by atoms with Crippen molar-refractivity contribution < 1.29 is 22.9 Å². The molecule has 8 nitrogen and oxygen atoms in total. The summed E-state index contributed by atoms with van der Waals surface area (Å²) in [7, 11) is -3.49. The van der Waals surface area contributed by atoms with E-state index in [2.05, 4.69) is 39.0 Å². The molecular weight excluding hydrogens is 453 g/mol. The molecule has 2 aromatic carbocycles. The van der Waals surface area contributed by atoms with E-state index in [1.165, 1.54) is 0 Å². The van der Waals surface area contributed by atoms with Crippen LogP contribution in [0, 0.1) is 0 Å². The zero-order chi connectivity index (χ0) is 24.0. The molecule has 4 rings (SSSR count). The molecule has 184 valence electrons. The fourth-order valence-corrected chi connectivity index (χ4v) is 5.99. The van der Waals surface area contributed by atoms with E-state index in [1.807, 2.05) is 30.3 Å². The lowest BCUT2D eigenvalue weighted by atomic mass is 9.99. The predicted molar refractivity (Wildman–Crippen MR) is 132 cm³/mol. The number of para-hydroxylation sites is 2. The van der Waals surface area contributed by atoms with Crippen molar-refractivity contribution in [1.29, 1.82) is 0 Å². The number of hydrogen-bond donors (Lipinski definition) is 0. The fourth-order valence-electron chi connectivity index (χ4n) is 4.83. The molecule has 0 spiro atoms. The Morgan fingerprint density at radius 2 is 1.56 bits per heavy atom. The maximum Gasteiger partial charge on any atom is 0.474 e. The van der Waals surface area contributed by atoms with Crippen LogP contribution in [0.25, 0.3) is 0 Å². The number of nitrogens with zero attached hydrogens (tertiary/aromatic N) is 3. The third-order valence-corrected chi connectivity index (χ3v) is 7.98. The number of anilines is 2. The van der Waals surface area contributed by atoms with Gasteiger partial charge in [0.1, 0.15) is 12.5 Å². The number of phosphoric acid groups is 1. The molecule has 2 atom stereocenters. The molecule has 0 radical (unpaired) electrons. The van der Waals surface area contributed by atoms with E-state index >= 15 is 0 Å². The van der Waals surface area contributed by atoms with Gasteiger partial charge in [-0.1, -0.05) is 36.4 Å². The largest absolute Gasteiger partial charge is 0.474 e. The Bertz CT molecular complexity index is 974. The monoisotopic (exact) mass is 487 g/mol. The quantitative estimate of drug-likeness (QED) is 0.344. The molecule has 9 heteroatoms. The molecule has 34 heavy (non-hydrogen) atoms. The SMILES string of the molecule is CCOP(=O)(OCC)OCCN1CCN(C2C(C=O)c3ccccc3N2c2ccccc2)CC1. The summed E-state index contributed by atoms with van der Waals surface area (Å²) in [4.78, 5) is 19.3. The van der Waals surface area contributed by atoms with Crippen LogP contribution in [0.1, 0.15) is 25.3 Å². The van der Waals surface area contributed by atoms with Crippen LogP contribution >= 0.6 is 7.82 Å². The second-order valence-electron chi connectivity index (χ2n) is 8.33. The lowest BCUT2D eigenvalue weighted by molar-refractivity contribution is -0.110. The smallest absolute Gasteiger partial charge is 0.324 e. The van der Waals surface area contributed by atoms with Crippen molar-refractivity contribution in [3.63, 3.8) is 0 Å². The minimum absolute atomic E-state index is 0.0631. The van der Waals surface area contributed by atoms with Gasteiger partial charge in [-0.25, -0.2) is 4.57 Å². The van der Waals surface area contributed by atoms with Gasteiger partial charge in [-0.15, -0.1) is 0 Å². The highest BCUT2D eigenvalue weighted by molar-refractivity contribution is 7.48. The third-order valence-electron chi connectivity index (χ3n) is 6.33. The van der Waals surface area contributed by atoms with Gasteiger partial charge in [-0.05, 0) is 37.6 Å². The molecular formula is C25H34N3O5P. The fraction of sp³-hybridized carbons (Fsp3) is 0.480. The van der Waals surface area contributed by atoms with E-state index in [-0.39, 0.29) is 31.9 Å². The Kier molecular flexibility index (Phi) is 8.53. The van der Waals surface area contributed by atoms with Gasteiger partial charge in [0.2, 0.25) is 0 Å². The van der Waals surface area contributed by atoms with Crippen molar-refractivity contribution in [2.45, 2.75) is 25.9 Å². The Balaban J connectivity index is 1.42. The lowest BCUT2D eigenvalue weighted by Gasteiger charge is -2.43. The molecule has 2 aromatic rings. The number of hydrogen-bond acceptors (Lipinski definition) is 8. The Hall–Kier alpha value is -2.06. The van der Waals surface area contributed by atoms with Crippen molar-refractivity contribution in [2.24, 2.45) is 0 Å². The average molecular weight is 488 g/mol. The molecule has 0 saturated carbocycles. The lowest BCUT2D eigenvalue weighted by Crippen LogP contribution is -2.55. The molecule has 0 N–H and O–H groups in total. The minimum Gasteiger partial charge on any atom is -0.324 e. The van der Waals surface area contributed by atoms with E-state index in [9.17, 15) is 9.36 Å². The van der Waals surface area contributed by atoms with E-state index in [0.29, 0.717) is 6.54 Å². The van der Waals surface area contributed by atoms with E-state index in [4.69, 9.17) is 13.6 Å². The van der Waals surface area contributed by atoms with Crippen LogP contribution in [-0.4, -0.2) is 74.8 Å². The van der Waals surface area contributed by atoms with Crippen LogP contribution in [0.4, 0.5) is 11.4 Å². The Labute approximate surface area is 202 Å². The minimum atomic E-state index is -3.49. The third kappa shape index (κ3) is 5.43. The maximum atomic E-state index is 12.5. The topological polar surface area (TPSA) is 71.5 Å².